The van der Waals surface area contributed by atoms with Gasteiger partial charge in [-0.05, 0) is 40.7 Å². The Morgan fingerprint density at radius 3 is 1.46 bits per heavy atom. The fourth-order valence-corrected chi connectivity index (χ4v) is 6.27. The minimum Gasteiger partial charge on any atom is -0.482 e. The standard InChI is InChI=1S/C34H32O7/c1-40-31(39)20-41-26-14-12-23(13-15-26)32(33-27(35)16-24(17-28(33)36)21-8-4-2-5-9-21)34-29(37)18-25(19-30(34)38)22-10-6-3-7-11-22/h2-15,24-25,32-34H,16-20H2,1H3. The summed E-state index contributed by atoms with van der Waals surface area (Å²) in [6.07, 6.45) is 0.663. The van der Waals surface area contributed by atoms with E-state index in [-0.39, 0.29) is 67.3 Å². The molecule has 41 heavy (non-hydrogen) atoms. The highest BCUT2D eigenvalue weighted by Gasteiger charge is 2.50. The average molecular weight is 553 g/mol. The normalized spacial score (nSPS) is 23.6. The molecule has 0 bridgehead atoms. The lowest BCUT2D eigenvalue weighted by Crippen LogP contribution is -2.45. The zero-order valence-electron chi connectivity index (χ0n) is 22.9. The Bertz CT molecular complexity index is 1310. The van der Waals surface area contributed by atoms with E-state index in [0.717, 1.165) is 11.1 Å². The Hall–Kier alpha value is -4.39. The molecule has 2 aliphatic carbocycles. The quantitative estimate of drug-likeness (QED) is 0.287. The summed E-state index contributed by atoms with van der Waals surface area (Å²) in [7, 11) is 1.26. The van der Waals surface area contributed by atoms with Crippen molar-refractivity contribution in [3.05, 3.63) is 102 Å². The van der Waals surface area contributed by atoms with Gasteiger partial charge in [-0.3, -0.25) is 19.2 Å². The molecule has 0 spiro atoms. The summed E-state index contributed by atoms with van der Waals surface area (Å²) in [4.78, 5) is 66.3. The SMILES string of the molecule is COC(=O)COc1ccc(C(C2C(=O)CC(c3ccccc3)CC2=O)C2C(=O)CC(c3ccccc3)CC2=O)cc1. The summed E-state index contributed by atoms with van der Waals surface area (Å²) in [6.45, 7) is -0.278. The van der Waals surface area contributed by atoms with Crippen molar-refractivity contribution in [2.75, 3.05) is 13.7 Å². The Morgan fingerprint density at radius 1 is 0.659 bits per heavy atom. The molecule has 2 saturated carbocycles. The largest absolute Gasteiger partial charge is 0.482 e. The first kappa shape index (κ1) is 28.1. The molecular formula is C34H32O7. The average Bonchev–Trinajstić information content (AvgIpc) is 2.99. The highest BCUT2D eigenvalue weighted by Crippen LogP contribution is 2.46. The van der Waals surface area contributed by atoms with Crippen LogP contribution in [0.4, 0.5) is 0 Å². The molecule has 0 atom stereocenters. The van der Waals surface area contributed by atoms with Crippen molar-refractivity contribution >= 4 is 29.1 Å². The number of ether oxygens (including phenoxy) is 2. The lowest BCUT2D eigenvalue weighted by atomic mass is 9.62. The number of hydrogen-bond donors (Lipinski definition) is 0. The summed E-state index contributed by atoms with van der Waals surface area (Å²) in [6, 6.07) is 25.5. The molecule has 0 saturated heterocycles. The van der Waals surface area contributed by atoms with Crippen LogP contribution >= 0.6 is 0 Å². The Balaban J connectivity index is 1.46. The van der Waals surface area contributed by atoms with E-state index >= 15 is 0 Å². The van der Waals surface area contributed by atoms with Crippen LogP contribution in [0.15, 0.2) is 84.9 Å². The predicted octanol–water partition coefficient (Wildman–Crippen LogP) is 4.99. The number of Topliss-reactive ketones (excluding diaryl/α,β-unsaturated/α-hetero) is 4. The third-order valence-electron chi connectivity index (χ3n) is 8.29. The smallest absolute Gasteiger partial charge is 0.343 e. The van der Waals surface area contributed by atoms with E-state index in [9.17, 15) is 24.0 Å². The first-order valence-electron chi connectivity index (χ1n) is 13.9. The summed E-state index contributed by atoms with van der Waals surface area (Å²) in [5, 5.41) is 0. The molecule has 5 rings (SSSR count). The van der Waals surface area contributed by atoms with Gasteiger partial charge in [0.15, 0.2) is 6.61 Å². The number of esters is 1. The fraction of sp³-hybridized carbons (Fsp3) is 0.324. The minimum atomic E-state index is -1.09. The van der Waals surface area contributed by atoms with E-state index in [4.69, 9.17) is 4.74 Å². The van der Waals surface area contributed by atoms with Crippen molar-refractivity contribution in [3.63, 3.8) is 0 Å². The molecule has 7 nitrogen and oxygen atoms in total. The molecule has 3 aromatic rings. The second-order valence-corrected chi connectivity index (χ2v) is 10.8. The van der Waals surface area contributed by atoms with Crippen LogP contribution in [0.1, 0.15) is 60.1 Å². The van der Waals surface area contributed by atoms with Crippen molar-refractivity contribution in [2.45, 2.75) is 43.4 Å². The maximum absolute atomic E-state index is 13.7. The predicted molar refractivity (Wildman–Crippen MR) is 151 cm³/mol. The van der Waals surface area contributed by atoms with Gasteiger partial charge in [-0.2, -0.15) is 0 Å². The molecule has 2 aliphatic rings. The maximum atomic E-state index is 13.7. The lowest BCUT2D eigenvalue weighted by Gasteiger charge is -2.38. The van der Waals surface area contributed by atoms with Gasteiger partial charge in [0.25, 0.3) is 0 Å². The molecule has 7 heteroatoms. The highest BCUT2D eigenvalue weighted by atomic mass is 16.6. The van der Waals surface area contributed by atoms with E-state index in [1.54, 1.807) is 24.3 Å². The molecule has 3 aromatic carbocycles. The van der Waals surface area contributed by atoms with E-state index in [2.05, 4.69) is 4.74 Å². The van der Waals surface area contributed by atoms with E-state index in [0.29, 0.717) is 11.3 Å². The molecule has 2 fully saturated rings. The molecular weight excluding hydrogens is 520 g/mol. The van der Waals surface area contributed by atoms with E-state index in [1.165, 1.54) is 7.11 Å². The summed E-state index contributed by atoms with van der Waals surface area (Å²) < 4.78 is 10.1. The molecule has 0 aromatic heterocycles. The van der Waals surface area contributed by atoms with Crippen LogP contribution in [0, 0.1) is 11.8 Å². The van der Waals surface area contributed by atoms with Crippen molar-refractivity contribution in [1.29, 1.82) is 0 Å². The van der Waals surface area contributed by atoms with Crippen LogP contribution < -0.4 is 4.74 Å². The number of carbonyl (C=O) groups excluding carboxylic acids is 5. The van der Waals surface area contributed by atoms with Gasteiger partial charge in [-0.15, -0.1) is 0 Å². The zero-order valence-corrected chi connectivity index (χ0v) is 22.9. The summed E-state index contributed by atoms with van der Waals surface area (Å²) in [5.41, 5.74) is 2.39. The number of benzene rings is 3. The Labute approximate surface area is 238 Å². The molecule has 0 unspecified atom stereocenters. The molecule has 0 aliphatic heterocycles. The van der Waals surface area contributed by atoms with Gasteiger partial charge in [0, 0.05) is 31.6 Å². The van der Waals surface area contributed by atoms with Crippen LogP contribution in [0.25, 0.3) is 0 Å². The van der Waals surface area contributed by atoms with Crippen molar-refractivity contribution < 1.29 is 33.4 Å². The number of rotatable bonds is 8. The zero-order chi connectivity index (χ0) is 28.9. The van der Waals surface area contributed by atoms with Crippen LogP contribution in [0.2, 0.25) is 0 Å². The molecule has 0 heterocycles. The third kappa shape index (κ3) is 6.19. The van der Waals surface area contributed by atoms with Crippen LogP contribution in [0.3, 0.4) is 0 Å². The van der Waals surface area contributed by atoms with Gasteiger partial charge in [0.2, 0.25) is 0 Å². The number of ketones is 4. The molecule has 0 amide bonds. The number of hydrogen-bond acceptors (Lipinski definition) is 7. The maximum Gasteiger partial charge on any atom is 0.343 e. The minimum absolute atomic E-state index is 0.166. The van der Waals surface area contributed by atoms with E-state index < -0.39 is 23.7 Å². The third-order valence-corrected chi connectivity index (χ3v) is 8.29. The molecule has 0 radical (unpaired) electrons. The first-order chi connectivity index (χ1) is 19.9. The highest BCUT2D eigenvalue weighted by molar-refractivity contribution is 6.11. The first-order valence-corrected chi connectivity index (χ1v) is 13.9. The number of carbonyl (C=O) groups is 5. The van der Waals surface area contributed by atoms with Gasteiger partial charge in [0.1, 0.15) is 28.9 Å². The molecule has 210 valence electrons. The van der Waals surface area contributed by atoms with Crippen molar-refractivity contribution in [3.8, 4) is 5.75 Å². The topological polar surface area (TPSA) is 104 Å². The summed E-state index contributed by atoms with van der Waals surface area (Å²) >= 11 is 0. The monoisotopic (exact) mass is 552 g/mol. The molecule has 0 N–H and O–H groups in total. The van der Waals surface area contributed by atoms with Crippen LogP contribution in [0.5, 0.6) is 5.75 Å². The van der Waals surface area contributed by atoms with Gasteiger partial charge in [-0.25, -0.2) is 4.79 Å². The van der Waals surface area contributed by atoms with Gasteiger partial charge < -0.3 is 9.47 Å². The fourth-order valence-electron chi connectivity index (χ4n) is 6.27. The van der Waals surface area contributed by atoms with Crippen LogP contribution in [-0.2, 0) is 28.7 Å². The lowest BCUT2D eigenvalue weighted by molar-refractivity contribution is -0.144. The van der Waals surface area contributed by atoms with Crippen LogP contribution in [-0.4, -0.2) is 42.8 Å². The Morgan fingerprint density at radius 2 is 1.07 bits per heavy atom. The Kier molecular flexibility index (Phi) is 8.53. The van der Waals surface area contributed by atoms with Gasteiger partial charge >= 0.3 is 5.97 Å². The second kappa shape index (κ2) is 12.4. The van der Waals surface area contributed by atoms with E-state index in [1.807, 2.05) is 60.7 Å². The second-order valence-electron chi connectivity index (χ2n) is 10.8. The van der Waals surface area contributed by atoms with Gasteiger partial charge in [0.05, 0.1) is 18.9 Å². The van der Waals surface area contributed by atoms with Gasteiger partial charge in [-0.1, -0.05) is 72.8 Å². The summed E-state index contributed by atoms with van der Waals surface area (Å²) in [5.74, 6) is -4.73. The van der Waals surface area contributed by atoms with Crippen molar-refractivity contribution in [1.82, 2.24) is 0 Å². The number of methoxy groups -OCH3 is 1. The van der Waals surface area contributed by atoms with Crippen molar-refractivity contribution in [2.24, 2.45) is 11.8 Å².